The van der Waals surface area contributed by atoms with Gasteiger partial charge in [0.2, 0.25) is 0 Å². The Morgan fingerprint density at radius 3 is 2.65 bits per heavy atom. The number of carbonyl (C=O) groups excluding carboxylic acids is 1. The van der Waals surface area contributed by atoms with Gasteiger partial charge in [0.15, 0.2) is 0 Å². The maximum absolute atomic E-state index is 10.8. The third-order valence-corrected chi connectivity index (χ3v) is 5.36. The van der Waals surface area contributed by atoms with Crippen LogP contribution in [0.5, 0.6) is 0 Å². The number of fused-ring (bicyclic) bond motifs is 2. The van der Waals surface area contributed by atoms with Gasteiger partial charge in [-0.3, -0.25) is 0 Å². The van der Waals surface area contributed by atoms with E-state index in [1.54, 1.807) is 0 Å². The van der Waals surface area contributed by atoms with Crippen LogP contribution >= 0.6 is 11.8 Å². The van der Waals surface area contributed by atoms with Crippen LogP contribution in [0.3, 0.4) is 0 Å². The maximum atomic E-state index is 10.8. The molecule has 0 N–H and O–H groups in total. The summed E-state index contributed by atoms with van der Waals surface area (Å²) in [6.45, 7) is 3.30. The minimum Gasteiger partial charge on any atom is -0.340 e. The topological polar surface area (TPSA) is 20.3 Å². The summed E-state index contributed by atoms with van der Waals surface area (Å²) in [6.07, 6.45) is 6.52. The fraction of sp³-hybridized carbons (Fsp3) is 0.350. The Kier molecular flexibility index (Phi) is 5.39. The molecule has 0 radical (unpaired) electrons. The first-order valence-corrected chi connectivity index (χ1v) is 9.26. The Balaban J connectivity index is 1.90. The van der Waals surface area contributed by atoms with E-state index in [1.165, 1.54) is 46.8 Å². The number of carbonyl (C=O) groups is 1. The van der Waals surface area contributed by atoms with Crippen LogP contribution < -0.4 is 4.90 Å². The predicted octanol–water partition coefficient (Wildman–Crippen LogP) is 5.61. The SMILES string of the molecule is CCCCCCN1c2ccccc2Sc2cc(CC=O)ccc21. The molecule has 23 heavy (non-hydrogen) atoms. The summed E-state index contributed by atoms with van der Waals surface area (Å²) < 4.78 is 0. The Morgan fingerprint density at radius 2 is 1.83 bits per heavy atom. The van der Waals surface area contributed by atoms with E-state index in [-0.39, 0.29) is 0 Å². The molecule has 1 aliphatic heterocycles. The average molecular weight is 325 g/mol. The summed E-state index contributed by atoms with van der Waals surface area (Å²) >= 11 is 1.81. The van der Waals surface area contributed by atoms with Crippen LogP contribution in [-0.2, 0) is 11.2 Å². The molecule has 3 heteroatoms. The first-order valence-electron chi connectivity index (χ1n) is 8.44. The van der Waals surface area contributed by atoms with Crippen molar-refractivity contribution in [3.05, 3.63) is 48.0 Å². The molecule has 0 unspecified atom stereocenters. The van der Waals surface area contributed by atoms with Crippen molar-refractivity contribution in [2.24, 2.45) is 0 Å². The highest BCUT2D eigenvalue weighted by atomic mass is 32.2. The van der Waals surface area contributed by atoms with Crippen LogP contribution in [0, 0.1) is 0 Å². The Morgan fingerprint density at radius 1 is 1.00 bits per heavy atom. The summed E-state index contributed by atoms with van der Waals surface area (Å²) in [5, 5.41) is 0. The van der Waals surface area contributed by atoms with Crippen LogP contribution in [0.25, 0.3) is 0 Å². The van der Waals surface area contributed by atoms with E-state index in [1.807, 2.05) is 11.8 Å². The fourth-order valence-corrected chi connectivity index (χ4v) is 4.20. The van der Waals surface area contributed by atoms with Crippen molar-refractivity contribution in [3.8, 4) is 0 Å². The number of unbranched alkanes of at least 4 members (excludes halogenated alkanes) is 3. The largest absolute Gasteiger partial charge is 0.340 e. The number of aldehydes is 1. The summed E-state index contributed by atoms with van der Waals surface area (Å²) in [5.41, 5.74) is 3.68. The highest BCUT2D eigenvalue weighted by Gasteiger charge is 2.22. The molecular weight excluding hydrogens is 302 g/mol. The van der Waals surface area contributed by atoms with E-state index in [0.717, 1.165) is 18.4 Å². The van der Waals surface area contributed by atoms with Gasteiger partial charge in [-0.1, -0.05) is 56.1 Å². The van der Waals surface area contributed by atoms with Gasteiger partial charge in [0.25, 0.3) is 0 Å². The highest BCUT2D eigenvalue weighted by molar-refractivity contribution is 7.99. The predicted molar refractivity (Wildman–Crippen MR) is 97.9 cm³/mol. The van der Waals surface area contributed by atoms with Gasteiger partial charge in [0.05, 0.1) is 11.4 Å². The second-order valence-electron chi connectivity index (χ2n) is 5.95. The van der Waals surface area contributed by atoms with Crippen molar-refractivity contribution in [1.82, 2.24) is 0 Å². The highest BCUT2D eigenvalue weighted by Crippen LogP contribution is 2.48. The molecule has 0 spiro atoms. The van der Waals surface area contributed by atoms with Crippen molar-refractivity contribution in [2.75, 3.05) is 11.4 Å². The lowest BCUT2D eigenvalue weighted by Gasteiger charge is -2.33. The Labute approximate surface area is 142 Å². The van der Waals surface area contributed by atoms with Crippen molar-refractivity contribution < 1.29 is 4.79 Å². The second kappa shape index (κ2) is 7.69. The number of rotatable bonds is 7. The summed E-state index contributed by atoms with van der Waals surface area (Å²) in [5.74, 6) is 0. The minimum absolute atomic E-state index is 0.492. The lowest BCUT2D eigenvalue weighted by atomic mass is 10.1. The fourth-order valence-electron chi connectivity index (χ4n) is 3.04. The minimum atomic E-state index is 0.492. The van der Waals surface area contributed by atoms with Gasteiger partial charge in [-0.2, -0.15) is 0 Å². The zero-order chi connectivity index (χ0) is 16.1. The van der Waals surface area contributed by atoms with E-state index in [2.05, 4.69) is 54.3 Å². The van der Waals surface area contributed by atoms with E-state index >= 15 is 0 Å². The normalized spacial score (nSPS) is 12.7. The first-order chi connectivity index (χ1) is 11.3. The van der Waals surface area contributed by atoms with Gasteiger partial charge in [-0.15, -0.1) is 0 Å². The van der Waals surface area contributed by atoms with Crippen LogP contribution in [0.2, 0.25) is 0 Å². The molecule has 0 atom stereocenters. The first kappa shape index (κ1) is 16.1. The van der Waals surface area contributed by atoms with Gasteiger partial charge in [0, 0.05) is 22.8 Å². The third kappa shape index (κ3) is 3.61. The molecule has 0 aromatic heterocycles. The summed E-state index contributed by atoms with van der Waals surface area (Å²) in [6, 6.07) is 15.0. The molecule has 2 nitrogen and oxygen atoms in total. The van der Waals surface area contributed by atoms with Crippen LogP contribution in [0.4, 0.5) is 11.4 Å². The number of hydrogen-bond donors (Lipinski definition) is 0. The molecule has 0 amide bonds. The van der Waals surface area contributed by atoms with Crippen LogP contribution in [0.1, 0.15) is 38.2 Å². The summed E-state index contributed by atoms with van der Waals surface area (Å²) in [4.78, 5) is 15.8. The van der Waals surface area contributed by atoms with Gasteiger partial charge < -0.3 is 9.69 Å². The van der Waals surface area contributed by atoms with Crippen LogP contribution in [-0.4, -0.2) is 12.8 Å². The number of anilines is 2. The van der Waals surface area contributed by atoms with E-state index in [9.17, 15) is 4.79 Å². The number of benzene rings is 2. The van der Waals surface area contributed by atoms with E-state index < -0.39 is 0 Å². The number of para-hydroxylation sites is 1. The lowest BCUT2D eigenvalue weighted by molar-refractivity contribution is -0.107. The zero-order valence-electron chi connectivity index (χ0n) is 13.6. The molecule has 1 aliphatic rings. The molecule has 0 bridgehead atoms. The van der Waals surface area contributed by atoms with Crippen LogP contribution in [0.15, 0.2) is 52.3 Å². The van der Waals surface area contributed by atoms with Gasteiger partial charge in [-0.05, 0) is 36.2 Å². The third-order valence-electron chi connectivity index (χ3n) is 4.25. The molecule has 1 heterocycles. The van der Waals surface area contributed by atoms with Crippen molar-refractivity contribution in [3.63, 3.8) is 0 Å². The van der Waals surface area contributed by atoms with E-state index in [4.69, 9.17) is 0 Å². The van der Waals surface area contributed by atoms with E-state index in [0.29, 0.717) is 6.42 Å². The second-order valence-corrected chi connectivity index (χ2v) is 7.04. The molecule has 3 rings (SSSR count). The molecule has 2 aromatic rings. The van der Waals surface area contributed by atoms with Crippen molar-refractivity contribution >= 4 is 29.4 Å². The molecule has 0 fully saturated rings. The van der Waals surface area contributed by atoms with Gasteiger partial charge in [-0.25, -0.2) is 0 Å². The Bertz CT molecular complexity index is 683. The van der Waals surface area contributed by atoms with Crippen molar-refractivity contribution in [1.29, 1.82) is 0 Å². The molecular formula is C20H23NOS. The molecule has 0 aliphatic carbocycles. The van der Waals surface area contributed by atoms with Gasteiger partial charge in [0.1, 0.15) is 6.29 Å². The molecule has 120 valence electrons. The monoisotopic (exact) mass is 325 g/mol. The lowest BCUT2D eigenvalue weighted by Crippen LogP contribution is -2.22. The molecule has 2 aromatic carbocycles. The summed E-state index contributed by atoms with van der Waals surface area (Å²) in [7, 11) is 0. The quantitative estimate of drug-likeness (QED) is 0.487. The van der Waals surface area contributed by atoms with Gasteiger partial charge >= 0.3 is 0 Å². The smallest absolute Gasteiger partial charge is 0.124 e. The zero-order valence-corrected chi connectivity index (χ0v) is 14.4. The standard InChI is InChI=1S/C20H23NOS/c1-2-3-4-7-13-21-17-8-5-6-9-19(17)23-20-15-16(12-14-22)10-11-18(20)21/h5-6,8-11,14-15H,2-4,7,12-13H2,1H3. The number of hydrogen-bond acceptors (Lipinski definition) is 3. The van der Waals surface area contributed by atoms with Crippen molar-refractivity contribution in [2.45, 2.75) is 48.8 Å². The molecule has 0 saturated carbocycles. The number of nitrogens with zero attached hydrogens (tertiary/aromatic N) is 1. The maximum Gasteiger partial charge on any atom is 0.124 e. The average Bonchev–Trinajstić information content (AvgIpc) is 2.58. The molecule has 0 saturated heterocycles. The Hall–Kier alpha value is -1.74.